The van der Waals surface area contributed by atoms with E-state index in [0.29, 0.717) is 22.8 Å². The third-order valence-corrected chi connectivity index (χ3v) is 3.57. The lowest BCUT2D eigenvalue weighted by molar-refractivity contribution is 0.0527. The standard InChI is InChI=1S/C19H18N4O4/c1-2-26-19(25)14-7-3-4-8-15(14)23-17-12-20-16(11-21-17)18(24)22-10-13-6-5-9-27-13/h3-9,11-12H,2,10H2,1H3,(H,21,23)(H,22,24). The number of rotatable bonds is 7. The number of amides is 1. The Balaban J connectivity index is 1.66. The molecule has 3 aromatic rings. The van der Waals surface area contributed by atoms with Crippen LogP contribution in [0.25, 0.3) is 0 Å². The van der Waals surface area contributed by atoms with Crippen molar-refractivity contribution in [1.82, 2.24) is 15.3 Å². The van der Waals surface area contributed by atoms with Crippen LogP contribution in [0.15, 0.2) is 59.5 Å². The zero-order valence-electron chi connectivity index (χ0n) is 14.6. The van der Waals surface area contributed by atoms with Gasteiger partial charge in [-0.15, -0.1) is 0 Å². The predicted octanol–water partition coefficient (Wildman–Crippen LogP) is 2.92. The SMILES string of the molecule is CCOC(=O)c1ccccc1Nc1cnc(C(=O)NCc2ccco2)cn1. The van der Waals surface area contributed by atoms with Gasteiger partial charge in [0.15, 0.2) is 0 Å². The summed E-state index contributed by atoms with van der Waals surface area (Å²) in [4.78, 5) is 32.4. The summed E-state index contributed by atoms with van der Waals surface area (Å²) in [7, 11) is 0. The van der Waals surface area contributed by atoms with Gasteiger partial charge in [0.25, 0.3) is 5.91 Å². The largest absolute Gasteiger partial charge is 0.467 e. The van der Waals surface area contributed by atoms with Crippen molar-refractivity contribution in [2.45, 2.75) is 13.5 Å². The van der Waals surface area contributed by atoms with Crippen LogP contribution in [0.1, 0.15) is 33.5 Å². The fraction of sp³-hybridized carbons (Fsp3) is 0.158. The van der Waals surface area contributed by atoms with Crippen molar-refractivity contribution in [2.24, 2.45) is 0 Å². The van der Waals surface area contributed by atoms with Crippen LogP contribution in [-0.2, 0) is 11.3 Å². The molecule has 2 N–H and O–H groups in total. The Labute approximate surface area is 155 Å². The molecule has 8 nitrogen and oxygen atoms in total. The quantitative estimate of drug-likeness (QED) is 0.619. The normalized spacial score (nSPS) is 10.3. The number of para-hydroxylation sites is 1. The first kappa shape index (κ1) is 18.1. The third kappa shape index (κ3) is 4.69. The van der Waals surface area contributed by atoms with E-state index in [1.54, 1.807) is 43.3 Å². The topological polar surface area (TPSA) is 106 Å². The first-order valence-corrected chi connectivity index (χ1v) is 8.33. The number of benzene rings is 1. The number of nitrogens with one attached hydrogen (secondary N) is 2. The highest BCUT2D eigenvalue weighted by molar-refractivity contribution is 5.96. The fourth-order valence-electron chi connectivity index (χ4n) is 2.30. The van der Waals surface area contributed by atoms with Crippen LogP contribution in [0.2, 0.25) is 0 Å². The molecule has 0 spiro atoms. The number of carbonyl (C=O) groups is 2. The second-order valence-electron chi connectivity index (χ2n) is 5.44. The molecule has 0 atom stereocenters. The highest BCUT2D eigenvalue weighted by atomic mass is 16.5. The lowest BCUT2D eigenvalue weighted by Crippen LogP contribution is -2.23. The molecule has 1 amide bonds. The summed E-state index contributed by atoms with van der Waals surface area (Å²) >= 11 is 0. The molecule has 3 rings (SSSR count). The number of esters is 1. The minimum Gasteiger partial charge on any atom is -0.467 e. The van der Waals surface area contributed by atoms with E-state index in [2.05, 4.69) is 20.6 Å². The van der Waals surface area contributed by atoms with E-state index in [0.717, 1.165) is 0 Å². The van der Waals surface area contributed by atoms with Gasteiger partial charge in [0.2, 0.25) is 0 Å². The zero-order valence-corrected chi connectivity index (χ0v) is 14.6. The average molecular weight is 366 g/mol. The number of anilines is 2. The summed E-state index contributed by atoms with van der Waals surface area (Å²) in [5.74, 6) is 0.249. The lowest BCUT2D eigenvalue weighted by Gasteiger charge is -2.10. The van der Waals surface area contributed by atoms with Gasteiger partial charge in [-0.3, -0.25) is 4.79 Å². The van der Waals surface area contributed by atoms with Crippen LogP contribution < -0.4 is 10.6 Å². The van der Waals surface area contributed by atoms with E-state index in [1.807, 2.05) is 0 Å². The van der Waals surface area contributed by atoms with Gasteiger partial charge in [-0.2, -0.15) is 0 Å². The van der Waals surface area contributed by atoms with Crippen molar-refractivity contribution >= 4 is 23.4 Å². The second-order valence-corrected chi connectivity index (χ2v) is 5.44. The van der Waals surface area contributed by atoms with Crippen molar-refractivity contribution in [2.75, 3.05) is 11.9 Å². The van der Waals surface area contributed by atoms with Crippen molar-refractivity contribution in [1.29, 1.82) is 0 Å². The fourth-order valence-corrected chi connectivity index (χ4v) is 2.30. The Kier molecular flexibility index (Phi) is 5.78. The second kappa shape index (κ2) is 8.61. The number of hydrogen-bond acceptors (Lipinski definition) is 7. The molecule has 0 bridgehead atoms. The van der Waals surface area contributed by atoms with Crippen LogP contribution >= 0.6 is 0 Å². The Hall–Kier alpha value is -3.68. The van der Waals surface area contributed by atoms with E-state index < -0.39 is 5.97 Å². The van der Waals surface area contributed by atoms with E-state index in [4.69, 9.17) is 9.15 Å². The number of carbonyl (C=O) groups excluding carboxylic acids is 2. The van der Waals surface area contributed by atoms with E-state index in [9.17, 15) is 9.59 Å². The summed E-state index contributed by atoms with van der Waals surface area (Å²) in [6, 6.07) is 10.4. The summed E-state index contributed by atoms with van der Waals surface area (Å²) in [5, 5.41) is 5.70. The molecule has 0 aliphatic rings. The minimum absolute atomic E-state index is 0.172. The van der Waals surface area contributed by atoms with Crippen molar-refractivity contribution in [3.8, 4) is 0 Å². The summed E-state index contributed by atoms with van der Waals surface area (Å²) < 4.78 is 10.2. The van der Waals surface area contributed by atoms with Crippen LogP contribution in [0.5, 0.6) is 0 Å². The zero-order chi connectivity index (χ0) is 19.1. The van der Waals surface area contributed by atoms with Gasteiger partial charge < -0.3 is 19.8 Å². The Morgan fingerprint density at radius 1 is 1.11 bits per heavy atom. The number of aromatic nitrogens is 2. The van der Waals surface area contributed by atoms with Crippen molar-refractivity contribution in [3.05, 3.63) is 72.1 Å². The molecule has 0 fully saturated rings. The van der Waals surface area contributed by atoms with Gasteiger partial charge in [0.05, 0.1) is 43.1 Å². The molecular weight excluding hydrogens is 348 g/mol. The number of furan rings is 1. The van der Waals surface area contributed by atoms with Gasteiger partial charge >= 0.3 is 5.97 Å². The molecule has 0 unspecified atom stereocenters. The molecular formula is C19H18N4O4. The van der Waals surface area contributed by atoms with Gasteiger partial charge in [0.1, 0.15) is 17.3 Å². The van der Waals surface area contributed by atoms with Crippen LogP contribution in [0, 0.1) is 0 Å². The first-order chi connectivity index (χ1) is 13.2. The molecule has 27 heavy (non-hydrogen) atoms. The Morgan fingerprint density at radius 2 is 1.96 bits per heavy atom. The van der Waals surface area contributed by atoms with Crippen molar-refractivity contribution < 1.29 is 18.7 Å². The maximum absolute atomic E-state index is 12.1. The minimum atomic E-state index is -0.428. The molecule has 8 heteroatoms. The van der Waals surface area contributed by atoms with Gasteiger partial charge in [-0.25, -0.2) is 14.8 Å². The average Bonchev–Trinajstić information content (AvgIpc) is 3.21. The van der Waals surface area contributed by atoms with E-state index in [-0.39, 0.29) is 24.8 Å². The third-order valence-electron chi connectivity index (χ3n) is 3.57. The molecule has 0 aliphatic carbocycles. The summed E-state index contributed by atoms with van der Waals surface area (Å²) in [6.07, 6.45) is 4.31. The molecule has 2 heterocycles. The lowest BCUT2D eigenvalue weighted by atomic mass is 10.2. The van der Waals surface area contributed by atoms with E-state index in [1.165, 1.54) is 18.7 Å². The Morgan fingerprint density at radius 3 is 2.67 bits per heavy atom. The highest BCUT2D eigenvalue weighted by Gasteiger charge is 2.13. The highest BCUT2D eigenvalue weighted by Crippen LogP contribution is 2.20. The van der Waals surface area contributed by atoms with Crippen LogP contribution in [-0.4, -0.2) is 28.5 Å². The van der Waals surface area contributed by atoms with Gasteiger partial charge in [-0.1, -0.05) is 12.1 Å². The van der Waals surface area contributed by atoms with E-state index >= 15 is 0 Å². The van der Waals surface area contributed by atoms with Crippen LogP contribution in [0.4, 0.5) is 11.5 Å². The van der Waals surface area contributed by atoms with Crippen molar-refractivity contribution in [3.63, 3.8) is 0 Å². The Bertz CT molecular complexity index is 908. The monoisotopic (exact) mass is 366 g/mol. The molecule has 0 radical (unpaired) electrons. The molecule has 138 valence electrons. The molecule has 2 aromatic heterocycles. The summed E-state index contributed by atoms with van der Waals surface area (Å²) in [6.45, 7) is 2.30. The maximum Gasteiger partial charge on any atom is 0.340 e. The number of ether oxygens (including phenoxy) is 1. The first-order valence-electron chi connectivity index (χ1n) is 8.33. The number of hydrogen-bond donors (Lipinski definition) is 2. The smallest absolute Gasteiger partial charge is 0.340 e. The molecule has 0 saturated heterocycles. The number of nitrogens with zero attached hydrogens (tertiary/aromatic N) is 2. The molecule has 1 aromatic carbocycles. The maximum atomic E-state index is 12.1. The van der Waals surface area contributed by atoms with Gasteiger partial charge in [-0.05, 0) is 31.2 Å². The predicted molar refractivity (Wildman–Crippen MR) is 97.6 cm³/mol. The van der Waals surface area contributed by atoms with Crippen LogP contribution in [0.3, 0.4) is 0 Å². The molecule has 0 saturated carbocycles. The van der Waals surface area contributed by atoms with Gasteiger partial charge in [0, 0.05) is 0 Å². The summed E-state index contributed by atoms with van der Waals surface area (Å²) in [5.41, 5.74) is 1.10. The molecule has 0 aliphatic heterocycles.